The van der Waals surface area contributed by atoms with E-state index in [0.29, 0.717) is 0 Å². The molecule has 0 unspecified atom stereocenters. The van der Waals surface area contributed by atoms with Gasteiger partial charge >= 0.3 is 0 Å². The van der Waals surface area contributed by atoms with Crippen molar-refractivity contribution < 1.29 is 0 Å². The number of pyridine rings is 1. The molecule has 1 aromatic carbocycles. The van der Waals surface area contributed by atoms with Gasteiger partial charge in [0.05, 0.1) is 5.52 Å². The molecule has 2 nitrogen and oxygen atoms in total. The van der Waals surface area contributed by atoms with Gasteiger partial charge in [0.1, 0.15) is 0 Å². The van der Waals surface area contributed by atoms with Gasteiger partial charge in [0.2, 0.25) is 0 Å². The second kappa shape index (κ2) is 4.85. The van der Waals surface area contributed by atoms with Crippen molar-refractivity contribution in [2.45, 2.75) is 58.0 Å². The summed E-state index contributed by atoms with van der Waals surface area (Å²) in [5, 5.41) is 5.08. The average Bonchev–Trinajstić information content (AvgIpc) is 3.28. The summed E-state index contributed by atoms with van der Waals surface area (Å²) in [6.45, 7) is 3.20. The van der Waals surface area contributed by atoms with Gasteiger partial charge in [-0.15, -0.1) is 0 Å². The summed E-state index contributed by atoms with van der Waals surface area (Å²) in [7, 11) is 0. The second-order valence-electron chi connectivity index (χ2n) is 6.40. The Morgan fingerprint density at radius 3 is 2.90 bits per heavy atom. The third kappa shape index (κ3) is 2.22. The molecule has 0 amide bonds. The maximum Gasteiger partial charge on any atom is 0.0708 e. The van der Waals surface area contributed by atoms with E-state index in [1.165, 1.54) is 59.8 Å². The van der Waals surface area contributed by atoms with Crippen LogP contribution in [0.1, 0.15) is 48.1 Å². The van der Waals surface area contributed by atoms with Crippen molar-refractivity contribution in [1.82, 2.24) is 10.3 Å². The molecule has 0 saturated heterocycles. The predicted molar refractivity (Wildman–Crippen MR) is 83.0 cm³/mol. The zero-order valence-corrected chi connectivity index (χ0v) is 12.2. The number of rotatable bonds is 3. The lowest BCUT2D eigenvalue weighted by Crippen LogP contribution is -2.19. The molecule has 0 radical (unpaired) electrons. The second-order valence-corrected chi connectivity index (χ2v) is 6.40. The molecule has 2 aliphatic carbocycles. The molecular formula is C18H22N2. The summed E-state index contributed by atoms with van der Waals surface area (Å²) in [6.07, 6.45) is 7.70. The number of fused-ring (bicyclic) bond motifs is 2. The van der Waals surface area contributed by atoms with Crippen LogP contribution in [-0.2, 0) is 19.4 Å². The maximum absolute atomic E-state index is 4.93. The van der Waals surface area contributed by atoms with Crippen LogP contribution in [0.4, 0.5) is 0 Å². The molecule has 1 heterocycles. The SMILES string of the molecule is Cc1ccc2nc3c(c(CNC4CC4)c2c1)CCCC3. The van der Waals surface area contributed by atoms with Gasteiger partial charge in [0.15, 0.2) is 0 Å². The first-order valence-corrected chi connectivity index (χ1v) is 7.95. The van der Waals surface area contributed by atoms with Gasteiger partial charge < -0.3 is 5.32 Å². The molecule has 2 aromatic rings. The Hall–Kier alpha value is -1.41. The van der Waals surface area contributed by atoms with Crippen LogP contribution in [0.25, 0.3) is 10.9 Å². The standard InChI is InChI=1S/C18H22N2/c1-12-6-9-18-15(10-12)16(11-19-13-7-8-13)14-4-2-3-5-17(14)20-18/h6,9-10,13,19H,2-5,7-8,11H2,1H3. The molecule has 2 aliphatic rings. The molecule has 0 bridgehead atoms. The number of benzene rings is 1. The van der Waals surface area contributed by atoms with Crippen LogP contribution in [0.3, 0.4) is 0 Å². The van der Waals surface area contributed by atoms with Crippen molar-refractivity contribution in [2.75, 3.05) is 0 Å². The van der Waals surface area contributed by atoms with E-state index in [4.69, 9.17) is 4.98 Å². The summed E-state index contributed by atoms with van der Waals surface area (Å²) >= 11 is 0. The summed E-state index contributed by atoms with van der Waals surface area (Å²) < 4.78 is 0. The van der Waals surface area contributed by atoms with Crippen LogP contribution in [-0.4, -0.2) is 11.0 Å². The fourth-order valence-electron chi connectivity index (χ4n) is 3.37. The Labute approximate surface area is 120 Å². The van der Waals surface area contributed by atoms with Crippen molar-refractivity contribution in [2.24, 2.45) is 0 Å². The highest BCUT2D eigenvalue weighted by atomic mass is 14.9. The lowest BCUT2D eigenvalue weighted by molar-refractivity contribution is 0.642. The Morgan fingerprint density at radius 1 is 1.20 bits per heavy atom. The quantitative estimate of drug-likeness (QED) is 0.916. The monoisotopic (exact) mass is 266 g/mol. The molecular weight excluding hydrogens is 244 g/mol. The van der Waals surface area contributed by atoms with Gasteiger partial charge in [-0.25, -0.2) is 0 Å². The smallest absolute Gasteiger partial charge is 0.0708 e. The molecule has 4 rings (SSSR count). The highest BCUT2D eigenvalue weighted by molar-refractivity contribution is 5.84. The Kier molecular flexibility index (Phi) is 2.99. The Balaban J connectivity index is 1.86. The van der Waals surface area contributed by atoms with Gasteiger partial charge in [0.25, 0.3) is 0 Å². The Morgan fingerprint density at radius 2 is 2.05 bits per heavy atom. The van der Waals surface area contributed by atoms with Crippen LogP contribution in [0.15, 0.2) is 18.2 Å². The zero-order valence-electron chi connectivity index (χ0n) is 12.2. The lowest BCUT2D eigenvalue weighted by atomic mass is 9.89. The summed E-state index contributed by atoms with van der Waals surface area (Å²) in [5.74, 6) is 0. The molecule has 0 atom stereocenters. The minimum absolute atomic E-state index is 0.766. The fraction of sp³-hybridized carbons (Fsp3) is 0.500. The van der Waals surface area contributed by atoms with Crippen molar-refractivity contribution in [1.29, 1.82) is 0 Å². The van der Waals surface area contributed by atoms with Crippen molar-refractivity contribution in [3.05, 3.63) is 40.6 Å². The predicted octanol–water partition coefficient (Wildman–Crippen LogP) is 3.67. The molecule has 0 aliphatic heterocycles. The third-order valence-corrected chi connectivity index (χ3v) is 4.68. The average molecular weight is 266 g/mol. The molecule has 2 heteroatoms. The molecule has 1 N–H and O–H groups in total. The van der Waals surface area contributed by atoms with E-state index in [9.17, 15) is 0 Å². The van der Waals surface area contributed by atoms with Crippen LogP contribution in [0, 0.1) is 6.92 Å². The number of hydrogen-bond donors (Lipinski definition) is 1. The molecule has 1 saturated carbocycles. The van der Waals surface area contributed by atoms with Gasteiger partial charge in [0, 0.05) is 23.7 Å². The minimum Gasteiger partial charge on any atom is -0.310 e. The largest absolute Gasteiger partial charge is 0.310 e. The number of nitrogens with one attached hydrogen (secondary N) is 1. The lowest BCUT2D eigenvalue weighted by Gasteiger charge is -2.21. The number of hydrogen-bond acceptors (Lipinski definition) is 2. The molecule has 20 heavy (non-hydrogen) atoms. The maximum atomic E-state index is 4.93. The first-order chi connectivity index (χ1) is 9.81. The van der Waals surface area contributed by atoms with Crippen LogP contribution in [0.5, 0.6) is 0 Å². The summed E-state index contributed by atoms with van der Waals surface area (Å²) in [4.78, 5) is 4.93. The van der Waals surface area contributed by atoms with Gasteiger partial charge in [-0.1, -0.05) is 11.6 Å². The number of nitrogens with zero attached hydrogens (tertiary/aromatic N) is 1. The normalized spacial score (nSPS) is 18.2. The van der Waals surface area contributed by atoms with Gasteiger partial charge in [-0.05, 0) is 68.7 Å². The third-order valence-electron chi connectivity index (χ3n) is 4.68. The van der Waals surface area contributed by atoms with Crippen LogP contribution in [0.2, 0.25) is 0 Å². The van der Waals surface area contributed by atoms with Gasteiger partial charge in [-0.3, -0.25) is 4.98 Å². The molecule has 104 valence electrons. The van der Waals surface area contributed by atoms with Crippen LogP contribution >= 0.6 is 0 Å². The van der Waals surface area contributed by atoms with Gasteiger partial charge in [-0.2, -0.15) is 0 Å². The molecule has 0 spiro atoms. The minimum atomic E-state index is 0.766. The van der Waals surface area contributed by atoms with Crippen molar-refractivity contribution in [3.63, 3.8) is 0 Å². The first-order valence-electron chi connectivity index (χ1n) is 7.95. The first kappa shape index (κ1) is 12.3. The summed E-state index contributed by atoms with van der Waals surface area (Å²) in [6, 6.07) is 7.46. The van der Waals surface area contributed by atoms with E-state index < -0.39 is 0 Å². The van der Waals surface area contributed by atoms with E-state index >= 15 is 0 Å². The van der Waals surface area contributed by atoms with E-state index in [2.05, 4.69) is 30.4 Å². The zero-order chi connectivity index (χ0) is 13.5. The highest BCUT2D eigenvalue weighted by Crippen LogP contribution is 2.30. The van der Waals surface area contributed by atoms with E-state index in [1.807, 2.05) is 0 Å². The van der Waals surface area contributed by atoms with E-state index in [0.717, 1.165) is 19.0 Å². The highest BCUT2D eigenvalue weighted by Gasteiger charge is 2.23. The number of aromatic nitrogens is 1. The van der Waals surface area contributed by atoms with Crippen molar-refractivity contribution in [3.8, 4) is 0 Å². The molecule has 1 fully saturated rings. The van der Waals surface area contributed by atoms with E-state index in [-0.39, 0.29) is 0 Å². The Bertz CT molecular complexity index is 656. The van der Waals surface area contributed by atoms with E-state index in [1.54, 1.807) is 5.56 Å². The topological polar surface area (TPSA) is 24.9 Å². The fourth-order valence-corrected chi connectivity index (χ4v) is 3.37. The number of aryl methyl sites for hydroxylation is 2. The molecule has 1 aromatic heterocycles. The van der Waals surface area contributed by atoms with Crippen molar-refractivity contribution >= 4 is 10.9 Å². The summed E-state index contributed by atoms with van der Waals surface area (Å²) in [5.41, 5.74) is 6.95. The van der Waals surface area contributed by atoms with Crippen LogP contribution < -0.4 is 5.32 Å².